The van der Waals surface area contributed by atoms with Crippen molar-refractivity contribution in [1.29, 1.82) is 0 Å². The molecule has 0 amide bonds. The van der Waals surface area contributed by atoms with Gasteiger partial charge in [-0.15, -0.1) is 0 Å². The number of hydrogen-bond donors (Lipinski definition) is 0. The molecule has 0 atom stereocenters. The second-order valence-electron chi connectivity index (χ2n) is 4.82. The lowest BCUT2D eigenvalue weighted by Crippen LogP contribution is -2.16. The van der Waals surface area contributed by atoms with Crippen molar-refractivity contribution in [1.82, 2.24) is 0 Å². The molecule has 0 saturated heterocycles. The van der Waals surface area contributed by atoms with Gasteiger partial charge in [-0.2, -0.15) is 11.1 Å². The summed E-state index contributed by atoms with van der Waals surface area (Å²) in [5, 5.41) is 0. The van der Waals surface area contributed by atoms with Gasteiger partial charge in [-0.3, -0.25) is 0 Å². The Morgan fingerprint density at radius 2 is 2.18 bits per heavy atom. The SMILES string of the molecule is C=Cc1cccc(COCCC[Si](C)(C)Cl)c1. The Morgan fingerprint density at radius 1 is 1.41 bits per heavy atom. The summed E-state index contributed by atoms with van der Waals surface area (Å²) in [7, 11) is -1.42. The van der Waals surface area contributed by atoms with Gasteiger partial charge in [0.05, 0.1) is 6.61 Å². The average Bonchev–Trinajstić information content (AvgIpc) is 2.27. The summed E-state index contributed by atoms with van der Waals surface area (Å²) >= 11 is 6.24. The second-order valence-corrected chi connectivity index (χ2v) is 11.8. The summed E-state index contributed by atoms with van der Waals surface area (Å²) in [6.07, 6.45) is 2.91. The van der Waals surface area contributed by atoms with E-state index < -0.39 is 7.38 Å². The molecule has 1 rings (SSSR count). The lowest BCUT2D eigenvalue weighted by Gasteiger charge is -2.12. The highest BCUT2D eigenvalue weighted by Gasteiger charge is 2.15. The maximum atomic E-state index is 6.24. The van der Waals surface area contributed by atoms with Crippen molar-refractivity contribution in [2.75, 3.05) is 6.61 Å². The molecular weight excluding hydrogens is 248 g/mol. The first-order valence-corrected chi connectivity index (χ1v) is 10.2. The van der Waals surface area contributed by atoms with E-state index in [-0.39, 0.29) is 0 Å². The molecule has 0 radical (unpaired) electrons. The Hall–Kier alpha value is -0.573. The number of hydrogen-bond acceptors (Lipinski definition) is 1. The van der Waals surface area contributed by atoms with Gasteiger partial charge >= 0.3 is 0 Å². The summed E-state index contributed by atoms with van der Waals surface area (Å²) < 4.78 is 5.64. The molecule has 0 aliphatic heterocycles. The molecule has 0 spiro atoms. The standard InChI is InChI=1S/C14H21ClOSi/c1-4-13-7-5-8-14(11-13)12-16-9-6-10-17(2,3)15/h4-5,7-8,11H,1,6,9-10,12H2,2-3H3. The van der Waals surface area contributed by atoms with E-state index in [4.69, 9.17) is 15.8 Å². The molecule has 17 heavy (non-hydrogen) atoms. The molecule has 0 bridgehead atoms. The molecule has 3 heteroatoms. The molecular formula is C14H21ClOSi. The van der Waals surface area contributed by atoms with Crippen LogP contribution in [-0.4, -0.2) is 14.0 Å². The predicted octanol–water partition coefficient (Wildman–Crippen LogP) is 4.68. The van der Waals surface area contributed by atoms with Crippen LogP contribution in [0.15, 0.2) is 30.8 Å². The second kappa shape index (κ2) is 6.99. The van der Waals surface area contributed by atoms with E-state index >= 15 is 0 Å². The maximum Gasteiger partial charge on any atom is 0.150 e. The molecule has 1 aromatic rings. The average molecular weight is 269 g/mol. The van der Waals surface area contributed by atoms with E-state index in [0.29, 0.717) is 6.61 Å². The van der Waals surface area contributed by atoms with Crippen LogP contribution in [-0.2, 0) is 11.3 Å². The van der Waals surface area contributed by atoms with Gasteiger partial charge in [0, 0.05) is 6.61 Å². The summed E-state index contributed by atoms with van der Waals surface area (Å²) in [5.74, 6) is 0. The first kappa shape index (κ1) is 14.5. The lowest BCUT2D eigenvalue weighted by atomic mass is 10.1. The first-order chi connectivity index (χ1) is 8.01. The monoisotopic (exact) mass is 268 g/mol. The number of benzene rings is 1. The van der Waals surface area contributed by atoms with Crippen molar-refractivity contribution in [2.24, 2.45) is 0 Å². The lowest BCUT2D eigenvalue weighted by molar-refractivity contribution is 0.121. The van der Waals surface area contributed by atoms with Gasteiger partial charge in [0.25, 0.3) is 0 Å². The fraction of sp³-hybridized carbons (Fsp3) is 0.429. The van der Waals surface area contributed by atoms with Crippen LogP contribution in [0.4, 0.5) is 0 Å². The smallest absolute Gasteiger partial charge is 0.150 e. The van der Waals surface area contributed by atoms with Gasteiger partial charge < -0.3 is 4.74 Å². The van der Waals surface area contributed by atoms with Crippen LogP contribution < -0.4 is 0 Å². The van der Waals surface area contributed by atoms with Crippen LogP contribution in [0.2, 0.25) is 19.1 Å². The highest BCUT2D eigenvalue weighted by molar-refractivity contribution is 7.19. The van der Waals surface area contributed by atoms with Crippen LogP contribution in [0.5, 0.6) is 0 Å². The zero-order valence-corrected chi connectivity index (χ0v) is 12.5. The summed E-state index contributed by atoms with van der Waals surface area (Å²) in [6, 6.07) is 9.37. The largest absolute Gasteiger partial charge is 0.377 e. The van der Waals surface area contributed by atoms with E-state index in [1.54, 1.807) is 0 Å². The molecule has 0 unspecified atom stereocenters. The van der Waals surface area contributed by atoms with Crippen LogP contribution in [0, 0.1) is 0 Å². The van der Waals surface area contributed by atoms with Crippen LogP contribution >= 0.6 is 11.1 Å². The van der Waals surface area contributed by atoms with Crippen molar-refractivity contribution < 1.29 is 4.74 Å². The number of rotatable bonds is 7. The Balaban J connectivity index is 2.24. The Bertz CT molecular complexity index is 357. The van der Waals surface area contributed by atoms with E-state index in [1.165, 1.54) is 5.56 Å². The third-order valence-electron chi connectivity index (χ3n) is 2.52. The molecule has 0 saturated carbocycles. The van der Waals surface area contributed by atoms with Crippen LogP contribution in [0.3, 0.4) is 0 Å². The molecule has 0 N–H and O–H groups in total. The highest BCUT2D eigenvalue weighted by Crippen LogP contribution is 2.16. The Kier molecular flexibility index (Phi) is 5.96. The molecule has 1 nitrogen and oxygen atoms in total. The van der Waals surface area contributed by atoms with Gasteiger partial charge in [0.1, 0.15) is 0 Å². The van der Waals surface area contributed by atoms with E-state index in [1.807, 2.05) is 18.2 Å². The zero-order valence-electron chi connectivity index (χ0n) is 10.7. The molecule has 0 fully saturated rings. The Morgan fingerprint density at radius 3 is 2.82 bits per heavy atom. The molecule has 0 aromatic heterocycles. The third kappa shape index (κ3) is 6.67. The minimum Gasteiger partial charge on any atom is -0.377 e. The van der Waals surface area contributed by atoms with Crippen LogP contribution in [0.25, 0.3) is 6.08 Å². The molecule has 0 heterocycles. The van der Waals surface area contributed by atoms with Gasteiger partial charge in [-0.05, 0) is 29.7 Å². The summed E-state index contributed by atoms with van der Waals surface area (Å²) in [5.41, 5.74) is 2.34. The van der Waals surface area contributed by atoms with Crippen molar-refractivity contribution in [2.45, 2.75) is 32.2 Å². The van der Waals surface area contributed by atoms with E-state index in [9.17, 15) is 0 Å². The Labute approximate surface area is 110 Å². The van der Waals surface area contributed by atoms with Gasteiger partial charge in [0.15, 0.2) is 7.38 Å². The topological polar surface area (TPSA) is 9.23 Å². The van der Waals surface area contributed by atoms with E-state index in [2.05, 4.69) is 31.8 Å². The van der Waals surface area contributed by atoms with Crippen molar-refractivity contribution in [3.63, 3.8) is 0 Å². The van der Waals surface area contributed by atoms with Gasteiger partial charge in [-0.1, -0.05) is 43.9 Å². The van der Waals surface area contributed by atoms with Crippen molar-refractivity contribution >= 4 is 24.5 Å². The fourth-order valence-corrected chi connectivity index (χ4v) is 2.98. The van der Waals surface area contributed by atoms with Gasteiger partial charge in [-0.25, -0.2) is 0 Å². The maximum absolute atomic E-state index is 6.24. The minimum absolute atomic E-state index is 0.673. The predicted molar refractivity (Wildman–Crippen MR) is 78.9 cm³/mol. The number of ether oxygens (including phenoxy) is 1. The van der Waals surface area contributed by atoms with Gasteiger partial charge in [0.2, 0.25) is 0 Å². The molecule has 1 aromatic carbocycles. The van der Waals surface area contributed by atoms with Crippen molar-refractivity contribution in [3.05, 3.63) is 42.0 Å². The normalized spacial score (nSPS) is 11.5. The molecule has 0 aliphatic rings. The quantitative estimate of drug-likeness (QED) is 0.396. The molecule has 94 valence electrons. The molecule has 0 aliphatic carbocycles. The first-order valence-electron chi connectivity index (χ1n) is 5.99. The zero-order chi connectivity index (χ0) is 12.7. The summed E-state index contributed by atoms with van der Waals surface area (Å²) in [6.45, 7) is 9.56. The van der Waals surface area contributed by atoms with E-state index in [0.717, 1.165) is 24.6 Å². The third-order valence-corrected chi connectivity index (χ3v) is 4.62. The van der Waals surface area contributed by atoms with Crippen molar-refractivity contribution in [3.8, 4) is 0 Å². The minimum atomic E-state index is -1.42. The number of halogens is 1. The summed E-state index contributed by atoms with van der Waals surface area (Å²) in [4.78, 5) is 0. The fourth-order valence-electron chi connectivity index (χ4n) is 1.59. The van der Waals surface area contributed by atoms with Crippen LogP contribution in [0.1, 0.15) is 17.5 Å². The highest BCUT2D eigenvalue weighted by atomic mass is 35.6.